The van der Waals surface area contributed by atoms with E-state index in [-0.39, 0.29) is 0 Å². The molecule has 0 amide bonds. The van der Waals surface area contributed by atoms with E-state index in [1.165, 1.54) is 32.7 Å². The molecule has 0 aromatic heterocycles. The third-order valence-corrected chi connectivity index (χ3v) is 2.93. The Morgan fingerprint density at radius 1 is 1.07 bits per heavy atom. The summed E-state index contributed by atoms with van der Waals surface area (Å²) in [5.41, 5.74) is 0. The van der Waals surface area contributed by atoms with Gasteiger partial charge in [-0.1, -0.05) is 6.92 Å². The zero-order valence-electron chi connectivity index (χ0n) is 10.2. The van der Waals surface area contributed by atoms with Gasteiger partial charge in [-0.3, -0.25) is 9.80 Å². The molecule has 0 aromatic carbocycles. The van der Waals surface area contributed by atoms with Gasteiger partial charge >= 0.3 is 0 Å². The summed E-state index contributed by atoms with van der Waals surface area (Å²) >= 11 is 0. The van der Waals surface area contributed by atoms with Gasteiger partial charge in [-0.2, -0.15) is 0 Å². The molecule has 0 unspecified atom stereocenters. The number of nitrogens with one attached hydrogen (secondary N) is 1. The van der Waals surface area contributed by atoms with Gasteiger partial charge in [-0.25, -0.2) is 0 Å². The van der Waals surface area contributed by atoms with E-state index in [9.17, 15) is 0 Å². The summed E-state index contributed by atoms with van der Waals surface area (Å²) in [6.45, 7) is 12.3. The Labute approximate surface area is 93.6 Å². The summed E-state index contributed by atoms with van der Waals surface area (Å²) in [6.07, 6.45) is 0. The van der Waals surface area contributed by atoms with Gasteiger partial charge in [0.05, 0.1) is 6.61 Å². The molecule has 0 radical (unpaired) electrons. The molecular formula is C11H25N3O. The van der Waals surface area contributed by atoms with Crippen LogP contribution in [0.25, 0.3) is 0 Å². The molecule has 90 valence electrons. The largest absolute Gasteiger partial charge is 0.383 e. The molecule has 4 nitrogen and oxygen atoms in total. The first-order valence-corrected chi connectivity index (χ1v) is 6.01. The van der Waals surface area contributed by atoms with Crippen LogP contribution in [0.5, 0.6) is 0 Å². The monoisotopic (exact) mass is 215 g/mol. The number of rotatable bonds is 7. The Kier molecular flexibility index (Phi) is 6.92. The number of nitrogens with zero attached hydrogens (tertiary/aromatic N) is 2. The molecule has 0 bridgehead atoms. The molecule has 0 atom stereocenters. The normalized spacial score (nSPS) is 19.6. The van der Waals surface area contributed by atoms with E-state index in [0.29, 0.717) is 0 Å². The van der Waals surface area contributed by atoms with Crippen molar-refractivity contribution in [1.82, 2.24) is 15.1 Å². The maximum absolute atomic E-state index is 5.09. The molecule has 4 heteroatoms. The van der Waals surface area contributed by atoms with Crippen LogP contribution >= 0.6 is 0 Å². The van der Waals surface area contributed by atoms with Crippen LogP contribution in [0.3, 0.4) is 0 Å². The Hall–Kier alpha value is -0.160. The van der Waals surface area contributed by atoms with Gasteiger partial charge in [0.2, 0.25) is 0 Å². The van der Waals surface area contributed by atoms with Crippen molar-refractivity contribution in [2.24, 2.45) is 0 Å². The third-order valence-electron chi connectivity index (χ3n) is 2.93. The van der Waals surface area contributed by atoms with E-state index < -0.39 is 0 Å². The molecule has 1 aliphatic rings. The predicted octanol–water partition coefficient (Wildman–Crippen LogP) is -0.140. The van der Waals surface area contributed by atoms with Crippen LogP contribution in [0.2, 0.25) is 0 Å². The Morgan fingerprint density at radius 2 is 1.67 bits per heavy atom. The van der Waals surface area contributed by atoms with Gasteiger partial charge in [-0.05, 0) is 6.54 Å². The molecule has 0 saturated carbocycles. The fourth-order valence-electron chi connectivity index (χ4n) is 1.87. The quantitative estimate of drug-likeness (QED) is 0.598. The van der Waals surface area contributed by atoms with Crippen LogP contribution in [0.15, 0.2) is 0 Å². The van der Waals surface area contributed by atoms with Crippen molar-refractivity contribution in [2.45, 2.75) is 6.92 Å². The third kappa shape index (κ3) is 5.47. The highest BCUT2D eigenvalue weighted by Crippen LogP contribution is 2.00. The lowest BCUT2D eigenvalue weighted by Gasteiger charge is -2.34. The number of piperazine rings is 1. The molecule has 15 heavy (non-hydrogen) atoms. The minimum Gasteiger partial charge on any atom is -0.383 e. The second kappa shape index (κ2) is 8.05. The van der Waals surface area contributed by atoms with Gasteiger partial charge in [0.1, 0.15) is 0 Å². The first-order chi connectivity index (χ1) is 7.36. The average Bonchev–Trinajstić information content (AvgIpc) is 2.28. The average molecular weight is 215 g/mol. The van der Waals surface area contributed by atoms with E-state index in [2.05, 4.69) is 22.0 Å². The topological polar surface area (TPSA) is 27.7 Å². The minimum atomic E-state index is 0.859. The van der Waals surface area contributed by atoms with E-state index in [4.69, 9.17) is 4.74 Å². The molecule has 0 spiro atoms. The zero-order valence-corrected chi connectivity index (χ0v) is 10.2. The second-order valence-electron chi connectivity index (χ2n) is 4.03. The molecule has 1 saturated heterocycles. The Balaban J connectivity index is 2.02. The molecule has 1 heterocycles. The molecule has 1 rings (SSSR count). The lowest BCUT2D eigenvalue weighted by molar-refractivity contribution is 0.0975. The van der Waals surface area contributed by atoms with Crippen molar-refractivity contribution < 1.29 is 4.74 Å². The smallest absolute Gasteiger partial charge is 0.0589 e. The van der Waals surface area contributed by atoms with Crippen molar-refractivity contribution in [3.05, 3.63) is 0 Å². The maximum atomic E-state index is 5.09. The molecule has 1 aliphatic heterocycles. The lowest BCUT2D eigenvalue weighted by atomic mass is 10.3. The number of hydrogen-bond donors (Lipinski definition) is 1. The van der Waals surface area contributed by atoms with Crippen molar-refractivity contribution in [1.29, 1.82) is 0 Å². The van der Waals surface area contributed by atoms with Crippen LogP contribution in [-0.2, 0) is 4.74 Å². The predicted molar refractivity (Wildman–Crippen MR) is 63.3 cm³/mol. The molecule has 1 N–H and O–H groups in total. The molecule has 0 aliphatic carbocycles. The van der Waals surface area contributed by atoms with Crippen LogP contribution in [-0.4, -0.2) is 75.9 Å². The first-order valence-electron chi connectivity index (χ1n) is 6.01. The fraction of sp³-hybridized carbons (Fsp3) is 1.00. The number of methoxy groups -OCH3 is 1. The number of likely N-dealkylation sites (N-methyl/N-ethyl adjacent to an activating group) is 1. The number of hydrogen-bond acceptors (Lipinski definition) is 4. The van der Waals surface area contributed by atoms with E-state index >= 15 is 0 Å². The first kappa shape index (κ1) is 12.9. The van der Waals surface area contributed by atoms with Crippen molar-refractivity contribution >= 4 is 0 Å². The van der Waals surface area contributed by atoms with E-state index in [0.717, 1.165) is 26.2 Å². The maximum Gasteiger partial charge on any atom is 0.0589 e. The highest BCUT2D eigenvalue weighted by atomic mass is 16.5. The highest BCUT2D eigenvalue weighted by molar-refractivity contribution is 4.72. The zero-order chi connectivity index (χ0) is 10.9. The Morgan fingerprint density at radius 3 is 2.20 bits per heavy atom. The van der Waals surface area contributed by atoms with Gasteiger partial charge in [0.25, 0.3) is 0 Å². The summed E-state index contributed by atoms with van der Waals surface area (Å²) in [5, 5.41) is 3.37. The SMILES string of the molecule is CCNCCN1CCN(CCOC)CC1. The molecule has 1 fully saturated rings. The van der Waals surface area contributed by atoms with Gasteiger partial charge in [-0.15, -0.1) is 0 Å². The van der Waals surface area contributed by atoms with Crippen LogP contribution < -0.4 is 5.32 Å². The van der Waals surface area contributed by atoms with Gasteiger partial charge in [0.15, 0.2) is 0 Å². The number of ether oxygens (including phenoxy) is 1. The second-order valence-corrected chi connectivity index (χ2v) is 4.03. The standard InChI is InChI=1S/C11H25N3O/c1-3-12-4-5-13-6-8-14(9-7-13)10-11-15-2/h12H,3-11H2,1-2H3. The van der Waals surface area contributed by atoms with Crippen molar-refractivity contribution in [3.8, 4) is 0 Å². The fourth-order valence-corrected chi connectivity index (χ4v) is 1.87. The molecule has 0 aromatic rings. The summed E-state index contributed by atoms with van der Waals surface area (Å²) in [7, 11) is 1.77. The summed E-state index contributed by atoms with van der Waals surface area (Å²) in [6, 6.07) is 0. The van der Waals surface area contributed by atoms with Crippen LogP contribution in [0, 0.1) is 0 Å². The van der Waals surface area contributed by atoms with E-state index in [1.807, 2.05) is 0 Å². The lowest BCUT2D eigenvalue weighted by Crippen LogP contribution is -2.48. The van der Waals surface area contributed by atoms with Crippen LogP contribution in [0.1, 0.15) is 6.92 Å². The summed E-state index contributed by atoms with van der Waals surface area (Å²) in [4.78, 5) is 5.01. The van der Waals surface area contributed by atoms with Crippen molar-refractivity contribution in [2.75, 3.05) is 66.1 Å². The highest BCUT2D eigenvalue weighted by Gasteiger charge is 2.15. The Bertz CT molecular complexity index is 147. The van der Waals surface area contributed by atoms with Gasteiger partial charge in [0, 0.05) is 52.9 Å². The summed E-state index contributed by atoms with van der Waals surface area (Å²) in [5.74, 6) is 0. The van der Waals surface area contributed by atoms with E-state index in [1.54, 1.807) is 7.11 Å². The van der Waals surface area contributed by atoms with Gasteiger partial charge < -0.3 is 10.1 Å². The van der Waals surface area contributed by atoms with Crippen molar-refractivity contribution in [3.63, 3.8) is 0 Å². The molecular weight excluding hydrogens is 190 g/mol. The minimum absolute atomic E-state index is 0.859. The summed E-state index contributed by atoms with van der Waals surface area (Å²) < 4.78 is 5.09. The van der Waals surface area contributed by atoms with Crippen LogP contribution in [0.4, 0.5) is 0 Å².